The SMILES string of the molecule is O=C1CC(=O)N(c2cccc(NC(=O)c3ccccc3)c2)C(=O)N1. The van der Waals surface area contributed by atoms with E-state index in [0.29, 0.717) is 11.3 Å². The predicted octanol–water partition coefficient (Wildman–Crippen LogP) is 1.91. The first kappa shape index (κ1) is 15.4. The molecule has 0 aliphatic carbocycles. The van der Waals surface area contributed by atoms with Gasteiger partial charge in [0.15, 0.2) is 0 Å². The number of amides is 5. The molecule has 120 valence electrons. The average molecular weight is 323 g/mol. The molecule has 24 heavy (non-hydrogen) atoms. The monoisotopic (exact) mass is 323 g/mol. The Morgan fingerprint density at radius 3 is 2.46 bits per heavy atom. The second-order valence-electron chi connectivity index (χ2n) is 5.13. The van der Waals surface area contributed by atoms with Crippen molar-refractivity contribution in [2.24, 2.45) is 0 Å². The van der Waals surface area contributed by atoms with Gasteiger partial charge in [-0.15, -0.1) is 0 Å². The number of carbonyl (C=O) groups excluding carboxylic acids is 4. The Balaban J connectivity index is 1.82. The smallest absolute Gasteiger partial charge is 0.322 e. The number of anilines is 2. The van der Waals surface area contributed by atoms with Crippen molar-refractivity contribution in [3.05, 3.63) is 60.2 Å². The van der Waals surface area contributed by atoms with E-state index in [0.717, 1.165) is 4.90 Å². The maximum Gasteiger partial charge on any atom is 0.335 e. The third-order valence-corrected chi connectivity index (χ3v) is 3.41. The van der Waals surface area contributed by atoms with Crippen LogP contribution >= 0.6 is 0 Å². The van der Waals surface area contributed by atoms with Crippen LogP contribution in [0.4, 0.5) is 16.2 Å². The number of rotatable bonds is 3. The van der Waals surface area contributed by atoms with Crippen LogP contribution in [0.5, 0.6) is 0 Å². The van der Waals surface area contributed by atoms with Crippen LogP contribution in [0.1, 0.15) is 16.8 Å². The van der Waals surface area contributed by atoms with Gasteiger partial charge in [-0.1, -0.05) is 24.3 Å². The molecule has 0 spiro atoms. The van der Waals surface area contributed by atoms with E-state index >= 15 is 0 Å². The van der Waals surface area contributed by atoms with Gasteiger partial charge in [0.05, 0.1) is 5.69 Å². The first-order valence-corrected chi connectivity index (χ1v) is 7.18. The van der Waals surface area contributed by atoms with Crippen LogP contribution < -0.4 is 15.5 Å². The van der Waals surface area contributed by atoms with Crippen molar-refractivity contribution in [2.75, 3.05) is 10.2 Å². The van der Waals surface area contributed by atoms with Crippen LogP contribution in [0.2, 0.25) is 0 Å². The highest BCUT2D eigenvalue weighted by Gasteiger charge is 2.32. The molecule has 2 N–H and O–H groups in total. The molecular weight excluding hydrogens is 310 g/mol. The topological polar surface area (TPSA) is 95.6 Å². The van der Waals surface area contributed by atoms with Gasteiger partial charge < -0.3 is 5.32 Å². The van der Waals surface area contributed by atoms with E-state index in [1.807, 2.05) is 0 Å². The van der Waals surface area contributed by atoms with Crippen molar-refractivity contribution < 1.29 is 19.2 Å². The van der Waals surface area contributed by atoms with Crippen LogP contribution in [0.3, 0.4) is 0 Å². The first-order chi connectivity index (χ1) is 11.5. The van der Waals surface area contributed by atoms with Crippen LogP contribution in [0.25, 0.3) is 0 Å². The molecule has 7 nitrogen and oxygen atoms in total. The van der Waals surface area contributed by atoms with Gasteiger partial charge in [0, 0.05) is 11.3 Å². The number of carbonyl (C=O) groups is 4. The number of barbiturate groups is 1. The van der Waals surface area contributed by atoms with Gasteiger partial charge in [0.25, 0.3) is 5.91 Å². The lowest BCUT2D eigenvalue weighted by Gasteiger charge is -2.25. The zero-order valence-corrected chi connectivity index (χ0v) is 12.5. The third-order valence-electron chi connectivity index (χ3n) is 3.41. The number of nitrogens with one attached hydrogen (secondary N) is 2. The average Bonchev–Trinajstić information content (AvgIpc) is 2.55. The van der Waals surface area contributed by atoms with Gasteiger partial charge in [-0.2, -0.15) is 0 Å². The molecule has 1 aliphatic heterocycles. The fraction of sp³-hybridized carbons (Fsp3) is 0.0588. The van der Waals surface area contributed by atoms with Crippen molar-refractivity contribution in [3.8, 4) is 0 Å². The Labute approximate surface area is 137 Å². The largest absolute Gasteiger partial charge is 0.335 e. The van der Waals surface area contributed by atoms with E-state index in [1.54, 1.807) is 48.5 Å². The summed E-state index contributed by atoms with van der Waals surface area (Å²) >= 11 is 0. The van der Waals surface area contributed by atoms with E-state index in [-0.39, 0.29) is 11.6 Å². The van der Waals surface area contributed by atoms with Crippen LogP contribution in [-0.4, -0.2) is 23.8 Å². The molecule has 0 atom stereocenters. The molecule has 1 fully saturated rings. The Hall–Kier alpha value is -3.48. The highest BCUT2D eigenvalue weighted by atomic mass is 16.2. The highest BCUT2D eigenvalue weighted by molar-refractivity contribution is 6.26. The molecule has 3 rings (SSSR count). The summed E-state index contributed by atoms with van der Waals surface area (Å²) in [6.45, 7) is 0. The normalized spacial score (nSPS) is 14.3. The summed E-state index contributed by atoms with van der Waals surface area (Å²) in [6.07, 6.45) is -0.396. The van der Waals surface area contributed by atoms with Crippen molar-refractivity contribution in [1.29, 1.82) is 0 Å². The Bertz CT molecular complexity index is 813. The molecule has 0 aromatic heterocycles. The quantitative estimate of drug-likeness (QED) is 0.843. The number of imide groups is 2. The van der Waals surface area contributed by atoms with Crippen LogP contribution in [-0.2, 0) is 9.59 Å². The van der Waals surface area contributed by atoms with Gasteiger partial charge in [-0.3, -0.25) is 19.7 Å². The summed E-state index contributed by atoms with van der Waals surface area (Å²) in [4.78, 5) is 48.0. The standard InChI is InChI=1S/C17H13N3O4/c21-14-10-15(22)20(17(24)19-14)13-8-4-7-12(9-13)18-16(23)11-5-2-1-3-6-11/h1-9H,10H2,(H,18,23)(H,19,21,24). The van der Waals surface area contributed by atoms with Gasteiger partial charge in [0.1, 0.15) is 6.42 Å². The number of nitrogens with zero attached hydrogens (tertiary/aromatic N) is 1. The third kappa shape index (κ3) is 3.14. The fourth-order valence-electron chi connectivity index (χ4n) is 2.33. The molecule has 2 aromatic carbocycles. The van der Waals surface area contributed by atoms with Crippen molar-refractivity contribution in [3.63, 3.8) is 0 Å². The molecule has 0 unspecified atom stereocenters. The first-order valence-electron chi connectivity index (χ1n) is 7.18. The fourth-order valence-corrected chi connectivity index (χ4v) is 2.33. The van der Waals surface area contributed by atoms with Crippen molar-refractivity contribution in [1.82, 2.24) is 5.32 Å². The molecule has 7 heteroatoms. The van der Waals surface area contributed by atoms with Gasteiger partial charge in [-0.25, -0.2) is 9.69 Å². The second kappa shape index (κ2) is 6.33. The Morgan fingerprint density at radius 2 is 1.75 bits per heavy atom. The lowest BCUT2D eigenvalue weighted by Crippen LogP contribution is -2.52. The van der Waals surface area contributed by atoms with E-state index in [1.165, 1.54) is 6.07 Å². The van der Waals surface area contributed by atoms with Gasteiger partial charge >= 0.3 is 6.03 Å². The van der Waals surface area contributed by atoms with Crippen molar-refractivity contribution in [2.45, 2.75) is 6.42 Å². The minimum Gasteiger partial charge on any atom is -0.322 e. The van der Waals surface area contributed by atoms with E-state index < -0.39 is 24.3 Å². The Kier molecular flexibility index (Phi) is 4.07. The summed E-state index contributed by atoms with van der Waals surface area (Å²) in [5.74, 6) is -1.55. The lowest BCUT2D eigenvalue weighted by molar-refractivity contribution is -0.128. The molecule has 0 radical (unpaired) electrons. The molecule has 2 aromatic rings. The maximum absolute atomic E-state index is 12.2. The minimum atomic E-state index is -0.803. The number of benzene rings is 2. The second-order valence-corrected chi connectivity index (χ2v) is 5.13. The zero-order valence-electron chi connectivity index (χ0n) is 12.5. The predicted molar refractivity (Wildman–Crippen MR) is 86.5 cm³/mol. The molecule has 1 heterocycles. The molecule has 1 aliphatic rings. The molecule has 0 saturated carbocycles. The number of hydrogen-bond acceptors (Lipinski definition) is 4. The number of urea groups is 1. The molecule has 1 saturated heterocycles. The maximum atomic E-state index is 12.2. The summed E-state index contributed by atoms with van der Waals surface area (Å²) < 4.78 is 0. The molecule has 5 amide bonds. The molecular formula is C17H13N3O4. The summed E-state index contributed by atoms with van der Waals surface area (Å²) in [5, 5.41) is 4.78. The van der Waals surface area contributed by atoms with E-state index in [4.69, 9.17) is 0 Å². The number of hydrogen-bond donors (Lipinski definition) is 2. The van der Waals surface area contributed by atoms with Crippen molar-refractivity contribution >= 4 is 35.1 Å². The highest BCUT2D eigenvalue weighted by Crippen LogP contribution is 2.22. The molecule has 0 bridgehead atoms. The van der Waals surface area contributed by atoms with Crippen LogP contribution in [0.15, 0.2) is 54.6 Å². The zero-order chi connectivity index (χ0) is 17.1. The Morgan fingerprint density at radius 1 is 1.00 bits per heavy atom. The van der Waals surface area contributed by atoms with Crippen LogP contribution in [0, 0.1) is 0 Å². The summed E-state index contributed by atoms with van der Waals surface area (Å²) in [6, 6.07) is 14.1. The lowest BCUT2D eigenvalue weighted by atomic mass is 10.2. The van der Waals surface area contributed by atoms with E-state index in [9.17, 15) is 19.2 Å². The summed E-state index contributed by atoms with van der Waals surface area (Å²) in [7, 11) is 0. The summed E-state index contributed by atoms with van der Waals surface area (Å²) in [5.41, 5.74) is 1.19. The van der Waals surface area contributed by atoms with Gasteiger partial charge in [-0.05, 0) is 30.3 Å². The minimum absolute atomic E-state index is 0.274. The van der Waals surface area contributed by atoms with Gasteiger partial charge in [0.2, 0.25) is 11.8 Å². The van der Waals surface area contributed by atoms with E-state index in [2.05, 4.69) is 10.6 Å².